The lowest BCUT2D eigenvalue weighted by Gasteiger charge is -2.02. The largest absolute Gasteiger partial charge is 0.624 e. The maximum atomic E-state index is 11.6. The molecule has 18 heavy (non-hydrogen) atoms. The summed E-state index contributed by atoms with van der Waals surface area (Å²) in [6.07, 6.45) is 5.22. The van der Waals surface area contributed by atoms with Gasteiger partial charge in [-0.25, -0.2) is 4.74 Å². The molecule has 2 rings (SSSR count). The van der Waals surface area contributed by atoms with Crippen molar-refractivity contribution in [2.75, 3.05) is 0 Å². The van der Waals surface area contributed by atoms with Gasteiger partial charge in [0.25, 0.3) is 0 Å². The Balaban J connectivity index is 1.95. The van der Waals surface area contributed by atoms with Crippen LogP contribution >= 0.6 is 0 Å². The summed E-state index contributed by atoms with van der Waals surface area (Å²) in [6.45, 7) is 0.375. The number of rotatable bonds is 4. The second-order valence-corrected chi connectivity index (χ2v) is 3.98. The lowest BCUT2D eigenvalue weighted by atomic mass is 10.2. The topological polar surface area (TPSA) is 26.1 Å². The maximum Gasteiger partial charge on any atom is 0.178 e. The Kier molecular flexibility index (Phi) is 4.31. The fourth-order valence-corrected chi connectivity index (χ4v) is 1.63. The first-order valence-corrected chi connectivity index (χ1v) is 5.89. The molecule has 0 aliphatic heterocycles. The van der Waals surface area contributed by atoms with E-state index in [4.69, 9.17) is 0 Å². The van der Waals surface area contributed by atoms with E-state index < -0.39 is 0 Å². The monoisotopic (exact) mass is 237 g/mol. The van der Waals surface area contributed by atoms with Crippen molar-refractivity contribution < 1.29 is 4.74 Å². The molecule has 0 unspecified atom stereocenters. The molecule has 0 bridgehead atoms. The first-order chi connectivity index (χ1) is 8.84. The molecule has 2 aromatic rings. The third kappa shape index (κ3) is 3.91. The third-order valence-electron chi connectivity index (χ3n) is 2.52. The fraction of sp³-hybridized carbons (Fsp3) is 0.0625. The molecule has 0 spiro atoms. The van der Waals surface area contributed by atoms with Gasteiger partial charge in [-0.2, -0.15) is 0 Å². The van der Waals surface area contributed by atoms with Gasteiger partial charge in [-0.05, 0) is 11.6 Å². The average Bonchev–Trinajstić information content (AvgIpc) is 2.41. The summed E-state index contributed by atoms with van der Waals surface area (Å²) < 4.78 is 0.925. The van der Waals surface area contributed by atoms with Gasteiger partial charge in [0.2, 0.25) is 0 Å². The van der Waals surface area contributed by atoms with Gasteiger partial charge in [0.05, 0.1) is 0 Å². The molecule has 0 radical (unpaired) electrons. The van der Waals surface area contributed by atoms with Crippen LogP contribution in [0.5, 0.6) is 0 Å². The Hall–Kier alpha value is -2.35. The first kappa shape index (κ1) is 12.1. The van der Waals surface area contributed by atoms with Crippen LogP contribution in [0.1, 0.15) is 11.1 Å². The highest BCUT2D eigenvalue weighted by atomic mass is 16.5. The summed E-state index contributed by atoms with van der Waals surface area (Å²) in [4.78, 5) is 0. The van der Waals surface area contributed by atoms with E-state index in [1.165, 1.54) is 0 Å². The van der Waals surface area contributed by atoms with Crippen molar-refractivity contribution in [2.45, 2.75) is 6.54 Å². The molecule has 0 amide bonds. The van der Waals surface area contributed by atoms with Gasteiger partial charge in [0, 0.05) is 11.6 Å². The summed E-state index contributed by atoms with van der Waals surface area (Å²) in [5.74, 6) is 0. The predicted molar refractivity (Wildman–Crippen MR) is 75.3 cm³/mol. The smallest absolute Gasteiger partial charge is 0.178 e. The molecule has 0 heterocycles. The Bertz CT molecular complexity index is 530. The zero-order valence-corrected chi connectivity index (χ0v) is 10.1. The van der Waals surface area contributed by atoms with E-state index in [-0.39, 0.29) is 0 Å². The second kappa shape index (κ2) is 6.40. The lowest BCUT2D eigenvalue weighted by Crippen LogP contribution is -2.03. The van der Waals surface area contributed by atoms with Crippen LogP contribution in [0.25, 0.3) is 6.08 Å². The van der Waals surface area contributed by atoms with Crippen molar-refractivity contribution in [1.29, 1.82) is 0 Å². The van der Waals surface area contributed by atoms with Gasteiger partial charge in [0.15, 0.2) is 12.8 Å². The van der Waals surface area contributed by atoms with E-state index in [0.29, 0.717) is 6.54 Å². The maximum absolute atomic E-state index is 11.6. The number of hydrogen-bond donors (Lipinski definition) is 0. The highest BCUT2D eigenvalue weighted by Gasteiger charge is 1.94. The fourth-order valence-electron chi connectivity index (χ4n) is 1.63. The van der Waals surface area contributed by atoms with Crippen molar-refractivity contribution >= 4 is 12.3 Å². The van der Waals surface area contributed by atoms with Crippen molar-refractivity contribution in [3.8, 4) is 0 Å². The SMILES string of the molecule is [O-]/[N+](=C\C=C\c1ccccc1)Cc1ccccc1. The molecule has 0 aromatic heterocycles. The van der Waals surface area contributed by atoms with Gasteiger partial charge in [-0.15, -0.1) is 0 Å². The minimum Gasteiger partial charge on any atom is -0.624 e. The molecular formula is C16H15NO. The van der Waals surface area contributed by atoms with Crippen LogP contribution in [0.2, 0.25) is 0 Å². The summed E-state index contributed by atoms with van der Waals surface area (Å²) >= 11 is 0. The average molecular weight is 237 g/mol. The zero-order chi connectivity index (χ0) is 12.6. The molecule has 2 heteroatoms. The molecule has 0 aliphatic rings. The summed E-state index contributed by atoms with van der Waals surface area (Å²) in [5.41, 5.74) is 2.10. The van der Waals surface area contributed by atoms with E-state index in [1.807, 2.05) is 66.7 Å². The quantitative estimate of drug-likeness (QED) is 0.346. The molecule has 0 N–H and O–H groups in total. The van der Waals surface area contributed by atoms with Crippen LogP contribution in [0.15, 0.2) is 66.7 Å². The van der Waals surface area contributed by atoms with E-state index >= 15 is 0 Å². The first-order valence-electron chi connectivity index (χ1n) is 5.89. The number of nitrogens with zero attached hydrogens (tertiary/aromatic N) is 1. The predicted octanol–water partition coefficient (Wildman–Crippen LogP) is 3.48. The van der Waals surface area contributed by atoms with Gasteiger partial charge >= 0.3 is 0 Å². The van der Waals surface area contributed by atoms with Gasteiger partial charge in [-0.3, -0.25) is 0 Å². The van der Waals surface area contributed by atoms with Crippen LogP contribution in [-0.2, 0) is 6.54 Å². The highest BCUT2D eigenvalue weighted by molar-refractivity contribution is 5.74. The Morgan fingerprint density at radius 3 is 2.17 bits per heavy atom. The van der Waals surface area contributed by atoms with E-state index in [2.05, 4.69) is 0 Å². The van der Waals surface area contributed by atoms with Crippen LogP contribution in [-0.4, -0.2) is 11.0 Å². The highest BCUT2D eigenvalue weighted by Crippen LogP contribution is 2.01. The lowest BCUT2D eigenvalue weighted by molar-refractivity contribution is -0.469. The Morgan fingerprint density at radius 1 is 0.889 bits per heavy atom. The van der Waals surface area contributed by atoms with E-state index in [0.717, 1.165) is 15.9 Å². The van der Waals surface area contributed by atoms with E-state index in [1.54, 1.807) is 12.3 Å². The molecular weight excluding hydrogens is 222 g/mol. The van der Waals surface area contributed by atoms with Crippen molar-refractivity contribution in [3.63, 3.8) is 0 Å². The Morgan fingerprint density at radius 2 is 1.50 bits per heavy atom. The van der Waals surface area contributed by atoms with Crippen molar-refractivity contribution in [1.82, 2.24) is 0 Å². The molecule has 0 saturated heterocycles. The normalized spacial score (nSPS) is 11.9. The van der Waals surface area contributed by atoms with E-state index in [9.17, 15) is 5.21 Å². The van der Waals surface area contributed by atoms with Gasteiger partial charge < -0.3 is 5.21 Å². The number of allylic oxidation sites excluding steroid dienone is 1. The number of hydroxylamine groups is 1. The minimum atomic E-state index is 0.375. The number of hydrogen-bond acceptors (Lipinski definition) is 1. The zero-order valence-electron chi connectivity index (χ0n) is 10.1. The molecule has 90 valence electrons. The van der Waals surface area contributed by atoms with Crippen LogP contribution in [0, 0.1) is 5.21 Å². The van der Waals surface area contributed by atoms with Crippen LogP contribution < -0.4 is 0 Å². The minimum absolute atomic E-state index is 0.375. The summed E-state index contributed by atoms with van der Waals surface area (Å²) in [5, 5.41) is 11.6. The molecule has 0 atom stereocenters. The van der Waals surface area contributed by atoms with Gasteiger partial charge in [0.1, 0.15) is 0 Å². The molecule has 0 aliphatic carbocycles. The molecule has 2 nitrogen and oxygen atoms in total. The van der Waals surface area contributed by atoms with Crippen molar-refractivity contribution in [3.05, 3.63) is 83.1 Å². The number of benzene rings is 2. The van der Waals surface area contributed by atoms with Crippen molar-refractivity contribution in [2.24, 2.45) is 0 Å². The van der Waals surface area contributed by atoms with Crippen LogP contribution in [0.4, 0.5) is 0 Å². The second-order valence-electron chi connectivity index (χ2n) is 3.98. The Labute approximate surface area is 107 Å². The standard InChI is InChI=1S/C16H15NO/c18-17(14-16-10-5-2-6-11-16)13-7-12-15-8-3-1-4-9-15/h1-13H,14H2/b12-7+,17-13-. The third-order valence-corrected chi connectivity index (χ3v) is 2.52. The van der Waals surface area contributed by atoms with Crippen LogP contribution in [0.3, 0.4) is 0 Å². The molecule has 0 fully saturated rings. The van der Waals surface area contributed by atoms with Gasteiger partial charge in [-0.1, -0.05) is 60.7 Å². The molecule has 0 saturated carbocycles. The molecule has 2 aromatic carbocycles. The summed E-state index contributed by atoms with van der Waals surface area (Å²) in [6, 6.07) is 19.6. The summed E-state index contributed by atoms with van der Waals surface area (Å²) in [7, 11) is 0.